The van der Waals surface area contributed by atoms with Crippen LogP contribution in [0.15, 0.2) is 24.5 Å². The molecule has 8 nitrogen and oxygen atoms in total. The molecular weight excluding hydrogens is 272 g/mol. The highest BCUT2D eigenvalue weighted by Gasteiger charge is 2.23. The van der Waals surface area contributed by atoms with Crippen molar-refractivity contribution in [2.45, 2.75) is 25.3 Å². The van der Waals surface area contributed by atoms with Gasteiger partial charge in [-0.05, 0) is 36.5 Å². The van der Waals surface area contributed by atoms with Gasteiger partial charge in [-0.15, -0.1) is 10.2 Å². The topological polar surface area (TPSA) is 98.2 Å². The van der Waals surface area contributed by atoms with Crippen molar-refractivity contribution in [3.05, 3.63) is 41.6 Å². The molecule has 1 N–H and O–H groups in total. The van der Waals surface area contributed by atoms with Gasteiger partial charge in [0.05, 0.1) is 6.20 Å². The molecule has 0 bridgehead atoms. The third kappa shape index (κ3) is 2.24. The number of hydrogen-bond acceptors (Lipinski definition) is 5. The van der Waals surface area contributed by atoms with Crippen LogP contribution in [-0.4, -0.2) is 40.7 Å². The van der Waals surface area contributed by atoms with E-state index >= 15 is 0 Å². The largest absolute Gasteiger partial charge is 0.476 e. The van der Waals surface area contributed by atoms with E-state index in [9.17, 15) is 4.79 Å². The molecule has 1 saturated carbocycles. The van der Waals surface area contributed by atoms with Gasteiger partial charge in [-0.25, -0.2) is 19.0 Å². The molecule has 0 spiro atoms. The summed E-state index contributed by atoms with van der Waals surface area (Å²) in [7, 11) is 0. The van der Waals surface area contributed by atoms with Crippen molar-refractivity contribution in [3.8, 4) is 0 Å². The average Bonchev–Trinajstić information content (AvgIpc) is 3.07. The lowest BCUT2D eigenvalue weighted by Gasteiger charge is -1.96. The smallest absolute Gasteiger partial charge is 0.358 e. The third-order valence-corrected chi connectivity index (χ3v) is 3.52. The van der Waals surface area contributed by atoms with E-state index in [1.54, 1.807) is 4.52 Å². The summed E-state index contributed by atoms with van der Waals surface area (Å²) < 4.78 is 3.14. The van der Waals surface area contributed by atoms with E-state index in [-0.39, 0.29) is 5.69 Å². The number of nitrogens with zero attached hydrogens (tertiary/aromatic N) is 6. The van der Waals surface area contributed by atoms with Crippen LogP contribution in [0.1, 0.15) is 40.6 Å². The molecule has 1 fully saturated rings. The summed E-state index contributed by atoms with van der Waals surface area (Å²) in [5, 5.41) is 20.5. The Labute approximate surface area is 119 Å². The summed E-state index contributed by atoms with van der Waals surface area (Å²) in [6.07, 6.45) is 5.76. The normalized spacial score (nSPS) is 14.7. The van der Waals surface area contributed by atoms with Gasteiger partial charge in [0.2, 0.25) is 0 Å². The molecule has 0 saturated heterocycles. The van der Waals surface area contributed by atoms with Gasteiger partial charge in [-0.2, -0.15) is 0 Å². The first-order valence-electron chi connectivity index (χ1n) is 6.68. The molecule has 3 aromatic rings. The fraction of sp³-hybridized carbons (Fsp3) is 0.308. The number of aromatic nitrogens is 6. The lowest BCUT2D eigenvalue weighted by molar-refractivity contribution is 0.0690. The Morgan fingerprint density at radius 3 is 3.00 bits per heavy atom. The molecule has 3 heterocycles. The Morgan fingerprint density at radius 2 is 2.29 bits per heavy atom. The number of fused-ring (bicyclic) bond motifs is 1. The minimum atomic E-state index is -1.10. The Bertz CT molecular complexity index is 832. The van der Waals surface area contributed by atoms with E-state index in [1.807, 2.05) is 6.20 Å². The quantitative estimate of drug-likeness (QED) is 0.765. The highest BCUT2D eigenvalue weighted by Crippen LogP contribution is 2.40. The first kappa shape index (κ1) is 12.0. The van der Waals surface area contributed by atoms with E-state index in [2.05, 4.69) is 32.5 Å². The Hall–Kier alpha value is -2.77. The molecule has 3 aromatic heterocycles. The maximum atomic E-state index is 10.8. The second-order valence-corrected chi connectivity index (χ2v) is 5.17. The first-order valence-corrected chi connectivity index (χ1v) is 6.68. The predicted octanol–water partition coefficient (Wildman–Crippen LogP) is 0.945. The van der Waals surface area contributed by atoms with Crippen molar-refractivity contribution < 1.29 is 9.90 Å². The molecule has 21 heavy (non-hydrogen) atoms. The summed E-state index contributed by atoms with van der Waals surface area (Å²) in [5.74, 6) is 0.145. The summed E-state index contributed by atoms with van der Waals surface area (Å²) in [4.78, 5) is 15.2. The highest BCUT2D eigenvalue weighted by molar-refractivity contribution is 5.84. The monoisotopic (exact) mass is 284 g/mol. The average molecular weight is 284 g/mol. The molecule has 0 radical (unpaired) electrons. The predicted molar refractivity (Wildman–Crippen MR) is 71.0 cm³/mol. The van der Waals surface area contributed by atoms with Crippen molar-refractivity contribution >= 4 is 11.6 Å². The van der Waals surface area contributed by atoms with Gasteiger partial charge < -0.3 is 5.11 Å². The fourth-order valence-corrected chi connectivity index (χ4v) is 2.30. The van der Waals surface area contributed by atoms with E-state index in [4.69, 9.17) is 5.11 Å². The van der Waals surface area contributed by atoms with Crippen LogP contribution in [0.2, 0.25) is 0 Å². The van der Waals surface area contributed by atoms with Crippen LogP contribution in [-0.2, 0) is 6.54 Å². The van der Waals surface area contributed by atoms with Crippen molar-refractivity contribution in [2.24, 2.45) is 0 Å². The molecule has 0 atom stereocenters. The zero-order valence-electron chi connectivity index (χ0n) is 11.0. The second-order valence-electron chi connectivity index (χ2n) is 5.17. The number of carboxylic acids is 1. The van der Waals surface area contributed by atoms with Crippen LogP contribution in [0.5, 0.6) is 0 Å². The fourth-order valence-electron chi connectivity index (χ4n) is 2.30. The SMILES string of the molecule is O=C(O)c1cn(Cc2nc3cc(C4CC4)ccn3n2)nn1. The van der Waals surface area contributed by atoms with Gasteiger partial charge in [-0.1, -0.05) is 5.21 Å². The molecule has 4 rings (SSSR count). The molecule has 8 heteroatoms. The lowest BCUT2D eigenvalue weighted by Crippen LogP contribution is -2.02. The Kier molecular flexibility index (Phi) is 2.50. The van der Waals surface area contributed by atoms with Crippen molar-refractivity contribution in [2.75, 3.05) is 0 Å². The van der Waals surface area contributed by atoms with Crippen LogP contribution in [0.25, 0.3) is 5.65 Å². The zero-order valence-corrected chi connectivity index (χ0v) is 11.0. The van der Waals surface area contributed by atoms with E-state index < -0.39 is 5.97 Å². The van der Waals surface area contributed by atoms with Gasteiger partial charge in [0.15, 0.2) is 17.2 Å². The van der Waals surface area contributed by atoms with Gasteiger partial charge in [0, 0.05) is 6.20 Å². The maximum absolute atomic E-state index is 10.8. The molecule has 0 aliphatic heterocycles. The minimum absolute atomic E-state index is 0.0882. The van der Waals surface area contributed by atoms with Crippen LogP contribution in [0, 0.1) is 0 Å². The molecule has 0 unspecified atom stereocenters. The summed E-state index contributed by atoms with van der Waals surface area (Å²) in [6, 6.07) is 4.12. The molecule has 1 aliphatic rings. The molecule has 106 valence electrons. The number of aromatic carboxylic acids is 1. The first-order chi connectivity index (χ1) is 10.2. The maximum Gasteiger partial charge on any atom is 0.358 e. The van der Waals surface area contributed by atoms with Crippen molar-refractivity contribution in [1.82, 2.24) is 29.6 Å². The van der Waals surface area contributed by atoms with Crippen molar-refractivity contribution in [1.29, 1.82) is 0 Å². The lowest BCUT2D eigenvalue weighted by atomic mass is 10.2. The van der Waals surface area contributed by atoms with Crippen LogP contribution >= 0.6 is 0 Å². The molecule has 0 amide bonds. The highest BCUT2D eigenvalue weighted by atomic mass is 16.4. The Balaban J connectivity index is 1.61. The zero-order chi connectivity index (χ0) is 14.4. The number of rotatable bonds is 4. The number of hydrogen-bond donors (Lipinski definition) is 1. The molecule has 0 aromatic carbocycles. The van der Waals surface area contributed by atoms with E-state index in [0.717, 1.165) is 5.65 Å². The van der Waals surface area contributed by atoms with Crippen LogP contribution < -0.4 is 0 Å². The summed E-state index contributed by atoms with van der Waals surface area (Å²) in [5.41, 5.74) is 2.01. The second kappa shape index (κ2) is 4.37. The van der Waals surface area contributed by atoms with Gasteiger partial charge in [0.25, 0.3) is 0 Å². The third-order valence-electron chi connectivity index (χ3n) is 3.52. The Morgan fingerprint density at radius 1 is 1.43 bits per heavy atom. The summed E-state index contributed by atoms with van der Waals surface area (Å²) in [6.45, 7) is 0.292. The van der Waals surface area contributed by atoms with Gasteiger partial charge in [0.1, 0.15) is 6.54 Å². The standard InChI is InChI=1S/C13H12N6O2/c20-13(21)10-6-18(17-15-10)7-11-14-12-5-9(8-1-2-8)3-4-19(12)16-11/h3-6,8H,1-2,7H2,(H,20,21). The van der Waals surface area contributed by atoms with Crippen LogP contribution in [0.3, 0.4) is 0 Å². The van der Waals surface area contributed by atoms with E-state index in [1.165, 1.54) is 29.3 Å². The molecule has 1 aliphatic carbocycles. The van der Waals surface area contributed by atoms with Crippen molar-refractivity contribution in [3.63, 3.8) is 0 Å². The minimum Gasteiger partial charge on any atom is -0.476 e. The number of pyridine rings is 1. The summed E-state index contributed by atoms with van der Waals surface area (Å²) >= 11 is 0. The van der Waals surface area contributed by atoms with E-state index in [0.29, 0.717) is 18.3 Å². The van der Waals surface area contributed by atoms with Crippen LogP contribution in [0.4, 0.5) is 0 Å². The van der Waals surface area contributed by atoms with Gasteiger partial charge >= 0.3 is 5.97 Å². The molecular formula is C13H12N6O2. The van der Waals surface area contributed by atoms with Gasteiger partial charge in [-0.3, -0.25) is 0 Å². The number of carbonyl (C=O) groups is 1. The number of carboxylic acid groups (broad SMARTS) is 1.